The molecule has 1 heterocycles. The third-order valence-corrected chi connectivity index (χ3v) is 5.42. The lowest BCUT2D eigenvalue weighted by Gasteiger charge is -2.07. The van der Waals surface area contributed by atoms with Gasteiger partial charge in [-0.2, -0.15) is 0 Å². The molecule has 148 valence electrons. The van der Waals surface area contributed by atoms with E-state index in [1.807, 2.05) is 84.4 Å². The van der Waals surface area contributed by atoms with E-state index in [-0.39, 0.29) is 11.5 Å². The number of benzene rings is 2. The quantitative estimate of drug-likeness (QED) is 0.387. The Morgan fingerprint density at radius 1 is 1.07 bits per heavy atom. The summed E-state index contributed by atoms with van der Waals surface area (Å²) >= 11 is 1.31. The lowest BCUT2D eigenvalue weighted by molar-refractivity contribution is -0.133. The lowest BCUT2D eigenvalue weighted by Crippen LogP contribution is -2.09. The second-order valence-electron chi connectivity index (χ2n) is 6.73. The summed E-state index contributed by atoms with van der Waals surface area (Å²) in [7, 11) is 0. The summed E-state index contributed by atoms with van der Waals surface area (Å²) < 4.78 is 1.98. The topological polar surface area (TPSA) is 59.3 Å². The van der Waals surface area contributed by atoms with Gasteiger partial charge in [0.05, 0.1) is 11.4 Å². The van der Waals surface area contributed by atoms with Crippen molar-refractivity contribution in [3.05, 3.63) is 95.3 Å². The van der Waals surface area contributed by atoms with Crippen molar-refractivity contribution in [3.8, 4) is 0 Å². The summed E-state index contributed by atoms with van der Waals surface area (Å²) in [6.07, 6.45) is 6.81. The van der Waals surface area contributed by atoms with Crippen LogP contribution in [0, 0.1) is 6.92 Å². The molecule has 0 spiro atoms. The maximum atomic E-state index is 12.8. The molecule has 0 unspecified atom stereocenters. The van der Waals surface area contributed by atoms with Crippen molar-refractivity contribution in [2.24, 2.45) is 0 Å². The Hall–Kier alpha value is -3.05. The zero-order chi connectivity index (χ0) is 20.6. The number of carboxylic acid groups (broad SMARTS) is 1. The van der Waals surface area contributed by atoms with E-state index in [1.165, 1.54) is 11.8 Å². The van der Waals surface area contributed by atoms with Crippen LogP contribution < -0.4 is 0 Å². The van der Waals surface area contributed by atoms with Crippen molar-refractivity contribution in [2.45, 2.75) is 24.8 Å². The average Bonchev–Trinajstić information content (AvgIpc) is 3.18. The normalized spacial score (nSPS) is 11.1. The molecule has 2 aromatic carbocycles. The van der Waals surface area contributed by atoms with E-state index in [2.05, 4.69) is 6.08 Å². The van der Waals surface area contributed by atoms with Gasteiger partial charge in [0.2, 0.25) is 5.78 Å². The average molecular weight is 406 g/mol. The van der Waals surface area contributed by atoms with E-state index in [1.54, 1.807) is 0 Å². The van der Waals surface area contributed by atoms with Crippen LogP contribution in [0.2, 0.25) is 0 Å². The highest BCUT2D eigenvalue weighted by molar-refractivity contribution is 8.00. The van der Waals surface area contributed by atoms with Gasteiger partial charge in [-0.15, -0.1) is 11.8 Å². The Kier molecular flexibility index (Phi) is 7.09. The Bertz CT molecular complexity index is 1020. The first-order valence-corrected chi connectivity index (χ1v) is 10.4. The monoisotopic (exact) mass is 405 g/mol. The molecule has 0 saturated carbocycles. The predicted octanol–water partition coefficient (Wildman–Crippen LogP) is 5.31. The Morgan fingerprint density at radius 3 is 2.62 bits per heavy atom. The molecule has 0 amide bonds. The van der Waals surface area contributed by atoms with Crippen molar-refractivity contribution in [1.82, 2.24) is 4.57 Å². The van der Waals surface area contributed by atoms with Crippen LogP contribution in [-0.4, -0.2) is 27.2 Å². The van der Waals surface area contributed by atoms with E-state index in [4.69, 9.17) is 5.11 Å². The van der Waals surface area contributed by atoms with E-state index in [9.17, 15) is 9.59 Å². The van der Waals surface area contributed by atoms with Gasteiger partial charge in [0.25, 0.3) is 0 Å². The van der Waals surface area contributed by atoms with Crippen LogP contribution in [-0.2, 0) is 11.3 Å². The molecular formula is C24H23NO3S. The number of aliphatic carboxylic acids is 1. The smallest absolute Gasteiger partial charge is 0.313 e. The molecule has 4 nitrogen and oxygen atoms in total. The number of aromatic nitrogens is 1. The highest BCUT2D eigenvalue weighted by Crippen LogP contribution is 2.20. The first kappa shape index (κ1) is 20.7. The molecule has 29 heavy (non-hydrogen) atoms. The van der Waals surface area contributed by atoms with Gasteiger partial charge < -0.3 is 9.67 Å². The first-order valence-electron chi connectivity index (χ1n) is 9.40. The van der Waals surface area contributed by atoms with Gasteiger partial charge in [-0.3, -0.25) is 9.59 Å². The number of rotatable bonds is 9. The van der Waals surface area contributed by atoms with E-state index < -0.39 is 5.97 Å². The number of hydrogen-bond acceptors (Lipinski definition) is 3. The molecule has 0 saturated heterocycles. The first-order chi connectivity index (χ1) is 14.0. The number of carboxylic acids is 1. The molecule has 0 aliphatic carbocycles. The minimum atomic E-state index is -0.821. The highest BCUT2D eigenvalue weighted by Gasteiger charge is 2.12. The molecule has 1 N–H and O–H groups in total. The molecule has 0 atom stereocenters. The summed E-state index contributed by atoms with van der Waals surface area (Å²) in [5.41, 5.74) is 3.55. The highest BCUT2D eigenvalue weighted by atomic mass is 32.2. The van der Waals surface area contributed by atoms with E-state index >= 15 is 0 Å². The van der Waals surface area contributed by atoms with Gasteiger partial charge in [0.15, 0.2) is 0 Å². The Labute approximate surface area is 174 Å². The lowest BCUT2D eigenvalue weighted by atomic mass is 10.1. The number of nitrogens with zero attached hydrogens (tertiary/aromatic N) is 1. The summed E-state index contributed by atoms with van der Waals surface area (Å²) in [6.45, 7) is 2.72. The largest absolute Gasteiger partial charge is 0.481 e. The minimum Gasteiger partial charge on any atom is -0.481 e. The zero-order valence-corrected chi connectivity index (χ0v) is 17.1. The SMILES string of the molecule is Cc1ccc(C(=O)c2cccn2CC/C=C/c2cccc(SCC(=O)O)c2)cc1. The molecule has 0 aliphatic heterocycles. The molecule has 5 heteroatoms. The third kappa shape index (κ3) is 5.96. The van der Waals surface area contributed by atoms with Gasteiger partial charge in [-0.05, 0) is 43.2 Å². The summed E-state index contributed by atoms with van der Waals surface area (Å²) in [5, 5.41) is 8.79. The number of carbonyl (C=O) groups is 2. The molecule has 0 aliphatic rings. The van der Waals surface area contributed by atoms with Gasteiger partial charge >= 0.3 is 5.97 Å². The molecule has 3 rings (SSSR count). The number of thioether (sulfide) groups is 1. The maximum Gasteiger partial charge on any atom is 0.313 e. The van der Waals surface area contributed by atoms with Crippen LogP contribution in [0.5, 0.6) is 0 Å². The van der Waals surface area contributed by atoms with Crippen LogP contribution >= 0.6 is 11.8 Å². The van der Waals surface area contributed by atoms with E-state index in [0.717, 1.165) is 22.4 Å². The Balaban J connectivity index is 1.60. The van der Waals surface area contributed by atoms with Gasteiger partial charge in [-0.1, -0.05) is 54.1 Å². The van der Waals surface area contributed by atoms with Gasteiger partial charge in [-0.25, -0.2) is 0 Å². The standard InChI is InChI=1S/C24H23NO3S/c1-18-10-12-20(13-11-18)24(28)22-9-5-15-25(22)14-3-2-6-19-7-4-8-21(16-19)29-17-23(26)27/h2,4-13,15-16H,3,14,17H2,1H3,(H,26,27)/b6-2+. The number of ketones is 1. The molecule has 0 fully saturated rings. The maximum absolute atomic E-state index is 12.8. The van der Waals surface area contributed by atoms with Crippen LogP contribution in [0.1, 0.15) is 33.6 Å². The summed E-state index contributed by atoms with van der Waals surface area (Å²) in [4.78, 5) is 24.4. The van der Waals surface area contributed by atoms with Crippen molar-refractivity contribution >= 4 is 29.6 Å². The van der Waals surface area contributed by atoms with Crippen LogP contribution in [0.3, 0.4) is 0 Å². The second kappa shape index (κ2) is 9.94. The second-order valence-corrected chi connectivity index (χ2v) is 7.78. The third-order valence-electron chi connectivity index (χ3n) is 4.44. The number of aryl methyl sites for hydroxylation is 2. The fourth-order valence-electron chi connectivity index (χ4n) is 2.95. The molecular weight excluding hydrogens is 382 g/mol. The molecule has 0 radical (unpaired) electrons. The Morgan fingerprint density at radius 2 is 1.86 bits per heavy atom. The van der Waals surface area contributed by atoms with Crippen molar-refractivity contribution in [3.63, 3.8) is 0 Å². The van der Waals surface area contributed by atoms with Crippen LogP contribution in [0.4, 0.5) is 0 Å². The van der Waals surface area contributed by atoms with Crippen LogP contribution in [0.25, 0.3) is 6.08 Å². The van der Waals surface area contributed by atoms with Crippen molar-refractivity contribution in [2.75, 3.05) is 5.75 Å². The van der Waals surface area contributed by atoms with Crippen molar-refractivity contribution in [1.29, 1.82) is 0 Å². The summed E-state index contributed by atoms with van der Waals surface area (Å²) in [5.74, 6) is -0.737. The molecule has 1 aromatic heterocycles. The molecule has 3 aromatic rings. The summed E-state index contributed by atoms with van der Waals surface area (Å²) in [6, 6.07) is 19.2. The number of hydrogen-bond donors (Lipinski definition) is 1. The number of carbonyl (C=O) groups excluding carboxylic acids is 1. The van der Waals surface area contributed by atoms with Crippen molar-refractivity contribution < 1.29 is 14.7 Å². The fraction of sp³-hybridized carbons (Fsp3) is 0.167. The van der Waals surface area contributed by atoms with E-state index in [0.29, 0.717) is 17.8 Å². The number of allylic oxidation sites excluding steroid dienone is 1. The predicted molar refractivity (Wildman–Crippen MR) is 117 cm³/mol. The minimum absolute atomic E-state index is 0.0298. The van der Waals surface area contributed by atoms with Gasteiger partial charge in [0.1, 0.15) is 0 Å². The zero-order valence-electron chi connectivity index (χ0n) is 16.2. The van der Waals surface area contributed by atoms with Crippen LogP contribution in [0.15, 0.2) is 77.8 Å². The van der Waals surface area contributed by atoms with Gasteiger partial charge in [0, 0.05) is 23.2 Å². The fourth-order valence-corrected chi connectivity index (χ4v) is 3.64. The molecule has 0 bridgehead atoms.